The first-order valence-corrected chi connectivity index (χ1v) is 5.09. The number of urea groups is 1. The van der Waals surface area contributed by atoms with Crippen LogP contribution in [0.25, 0.3) is 0 Å². The van der Waals surface area contributed by atoms with Gasteiger partial charge in [-0.1, -0.05) is 0 Å². The second-order valence-electron chi connectivity index (χ2n) is 3.97. The largest absolute Gasteiger partial charge is 0.481 e. The van der Waals surface area contributed by atoms with Crippen LogP contribution < -0.4 is 5.32 Å². The highest BCUT2D eigenvalue weighted by Crippen LogP contribution is 2.20. The van der Waals surface area contributed by atoms with Gasteiger partial charge in [-0.2, -0.15) is 13.2 Å². The summed E-state index contributed by atoms with van der Waals surface area (Å²) in [4.78, 5) is 22.9. The van der Waals surface area contributed by atoms with E-state index in [1.807, 2.05) is 0 Å². The Labute approximate surface area is 95.6 Å². The Morgan fingerprint density at radius 2 is 1.94 bits per heavy atom. The van der Waals surface area contributed by atoms with Crippen LogP contribution in [-0.4, -0.2) is 47.8 Å². The van der Waals surface area contributed by atoms with Crippen molar-refractivity contribution in [2.45, 2.75) is 19.0 Å². The van der Waals surface area contributed by atoms with Crippen LogP contribution in [0.3, 0.4) is 0 Å². The third kappa shape index (κ3) is 4.92. The highest BCUT2D eigenvalue weighted by molar-refractivity contribution is 5.75. The molecule has 0 radical (unpaired) electrons. The first kappa shape index (κ1) is 13.6. The van der Waals surface area contributed by atoms with E-state index in [0.29, 0.717) is 0 Å². The van der Waals surface area contributed by atoms with Gasteiger partial charge in [-0.15, -0.1) is 0 Å². The van der Waals surface area contributed by atoms with E-state index in [4.69, 9.17) is 5.11 Å². The van der Waals surface area contributed by atoms with Crippen LogP contribution in [0.2, 0.25) is 0 Å². The topological polar surface area (TPSA) is 69.6 Å². The van der Waals surface area contributed by atoms with Crippen molar-refractivity contribution in [3.63, 3.8) is 0 Å². The van der Waals surface area contributed by atoms with E-state index in [2.05, 4.69) is 5.32 Å². The molecule has 1 aliphatic heterocycles. The van der Waals surface area contributed by atoms with Crippen molar-refractivity contribution in [1.29, 1.82) is 0 Å². The summed E-state index contributed by atoms with van der Waals surface area (Å²) in [6, 6.07) is -0.573. The van der Waals surface area contributed by atoms with Crippen molar-refractivity contribution in [1.82, 2.24) is 10.2 Å². The highest BCUT2D eigenvalue weighted by atomic mass is 19.4. The Kier molecular flexibility index (Phi) is 4.19. The van der Waals surface area contributed by atoms with Gasteiger partial charge in [0.05, 0.1) is 12.8 Å². The Morgan fingerprint density at radius 3 is 2.41 bits per heavy atom. The summed E-state index contributed by atoms with van der Waals surface area (Å²) in [7, 11) is 0. The molecule has 1 saturated heterocycles. The number of halogens is 3. The van der Waals surface area contributed by atoms with E-state index in [0.717, 1.165) is 0 Å². The Morgan fingerprint density at radius 1 is 1.35 bits per heavy atom. The van der Waals surface area contributed by atoms with Crippen molar-refractivity contribution < 1.29 is 27.9 Å². The molecule has 0 aromatic carbocycles. The standard InChI is InChI=1S/C9H13F3N2O3/c10-9(11,12)1-2-13-8(17)14-4-6(5-14)3-7(15)16/h6H,1-5H2,(H,13,17)(H,15,16). The summed E-state index contributed by atoms with van der Waals surface area (Å²) in [5.41, 5.74) is 0. The summed E-state index contributed by atoms with van der Waals surface area (Å²) < 4.78 is 35.3. The van der Waals surface area contributed by atoms with Crippen molar-refractivity contribution >= 4 is 12.0 Å². The summed E-state index contributed by atoms with van der Waals surface area (Å²) in [5.74, 6) is -1.03. The van der Waals surface area contributed by atoms with Gasteiger partial charge in [-0.05, 0) is 0 Å². The van der Waals surface area contributed by atoms with E-state index in [9.17, 15) is 22.8 Å². The van der Waals surface area contributed by atoms with Gasteiger partial charge in [0, 0.05) is 25.6 Å². The number of hydrogen-bond donors (Lipinski definition) is 2. The summed E-state index contributed by atoms with van der Waals surface area (Å²) in [5, 5.41) is 10.6. The van der Waals surface area contributed by atoms with Crippen molar-refractivity contribution in [3.8, 4) is 0 Å². The summed E-state index contributed by atoms with van der Waals surface area (Å²) >= 11 is 0. The van der Waals surface area contributed by atoms with Crippen LogP contribution in [0.1, 0.15) is 12.8 Å². The predicted octanol–water partition coefficient (Wildman–Crippen LogP) is 1.05. The van der Waals surface area contributed by atoms with Crippen molar-refractivity contribution in [2.75, 3.05) is 19.6 Å². The lowest BCUT2D eigenvalue weighted by atomic mass is 9.97. The number of rotatable bonds is 4. The van der Waals surface area contributed by atoms with Gasteiger partial charge in [0.25, 0.3) is 0 Å². The molecule has 0 bridgehead atoms. The Balaban J connectivity index is 2.13. The second-order valence-corrected chi connectivity index (χ2v) is 3.97. The number of carbonyl (C=O) groups excluding carboxylic acids is 1. The van der Waals surface area contributed by atoms with E-state index in [1.165, 1.54) is 4.90 Å². The zero-order valence-corrected chi connectivity index (χ0v) is 8.96. The van der Waals surface area contributed by atoms with Crippen molar-refractivity contribution in [3.05, 3.63) is 0 Å². The monoisotopic (exact) mass is 254 g/mol. The molecule has 1 aliphatic rings. The number of carbonyl (C=O) groups is 2. The minimum atomic E-state index is -4.28. The molecule has 0 aliphatic carbocycles. The molecule has 0 unspecified atom stereocenters. The fourth-order valence-electron chi connectivity index (χ4n) is 1.53. The molecule has 1 rings (SSSR count). The molecule has 98 valence electrons. The Hall–Kier alpha value is -1.47. The van der Waals surface area contributed by atoms with Crippen molar-refractivity contribution in [2.24, 2.45) is 5.92 Å². The van der Waals surface area contributed by atoms with Gasteiger partial charge in [0.2, 0.25) is 0 Å². The zero-order valence-electron chi connectivity index (χ0n) is 8.96. The summed E-state index contributed by atoms with van der Waals surface area (Å²) in [6.45, 7) is 0.108. The fourth-order valence-corrected chi connectivity index (χ4v) is 1.53. The van der Waals surface area contributed by atoms with E-state index >= 15 is 0 Å². The minimum absolute atomic E-state index is 0.0215. The van der Waals surface area contributed by atoms with Gasteiger partial charge in [-0.3, -0.25) is 4.79 Å². The molecule has 2 N–H and O–H groups in total. The van der Waals surface area contributed by atoms with Gasteiger partial charge in [0.1, 0.15) is 0 Å². The molecule has 0 aromatic heterocycles. The maximum atomic E-state index is 11.8. The molecule has 0 atom stereocenters. The fraction of sp³-hybridized carbons (Fsp3) is 0.778. The van der Waals surface area contributed by atoms with Gasteiger partial charge in [0.15, 0.2) is 0 Å². The highest BCUT2D eigenvalue weighted by Gasteiger charge is 2.32. The number of alkyl halides is 3. The number of carboxylic acids is 1. The SMILES string of the molecule is O=C(O)CC1CN(C(=O)NCCC(F)(F)F)C1. The smallest absolute Gasteiger partial charge is 0.390 e. The maximum absolute atomic E-state index is 11.8. The first-order chi connectivity index (χ1) is 7.78. The molecule has 1 heterocycles. The number of nitrogens with one attached hydrogen (secondary N) is 1. The van der Waals surface area contributed by atoms with E-state index in [-0.39, 0.29) is 25.4 Å². The van der Waals surface area contributed by atoms with Crippen LogP contribution in [0.15, 0.2) is 0 Å². The van der Waals surface area contributed by atoms with E-state index in [1.54, 1.807) is 0 Å². The third-order valence-corrected chi connectivity index (χ3v) is 2.39. The van der Waals surface area contributed by atoms with Gasteiger partial charge < -0.3 is 15.3 Å². The molecule has 8 heteroatoms. The Bertz CT molecular complexity index is 300. The number of aliphatic carboxylic acids is 1. The predicted molar refractivity (Wildman–Crippen MR) is 51.4 cm³/mol. The van der Waals surface area contributed by atoms with Crippen LogP contribution in [0, 0.1) is 5.92 Å². The molecule has 0 saturated carbocycles. The van der Waals surface area contributed by atoms with Crippen LogP contribution in [-0.2, 0) is 4.79 Å². The number of likely N-dealkylation sites (tertiary alicyclic amines) is 1. The first-order valence-electron chi connectivity index (χ1n) is 5.09. The number of carboxylic acid groups (broad SMARTS) is 1. The molecule has 0 aromatic rings. The normalized spacial score (nSPS) is 16.5. The molecule has 2 amide bonds. The van der Waals surface area contributed by atoms with E-state index < -0.39 is 31.1 Å². The average molecular weight is 254 g/mol. The number of amides is 2. The van der Waals surface area contributed by atoms with Crippen LogP contribution in [0.5, 0.6) is 0 Å². The molecule has 17 heavy (non-hydrogen) atoms. The molecular weight excluding hydrogens is 241 g/mol. The minimum Gasteiger partial charge on any atom is -0.481 e. The third-order valence-electron chi connectivity index (χ3n) is 2.39. The molecule has 5 nitrogen and oxygen atoms in total. The average Bonchev–Trinajstić information content (AvgIpc) is 2.07. The molecule has 1 fully saturated rings. The quantitative estimate of drug-likeness (QED) is 0.788. The lowest BCUT2D eigenvalue weighted by Gasteiger charge is -2.38. The van der Waals surface area contributed by atoms with Gasteiger partial charge in [-0.25, -0.2) is 4.79 Å². The molecule has 0 spiro atoms. The zero-order chi connectivity index (χ0) is 13.1. The van der Waals surface area contributed by atoms with Crippen LogP contribution >= 0.6 is 0 Å². The van der Waals surface area contributed by atoms with Gasteiger partial charge >= 0.3 is 18.2 Å². The second kappa shape index (κ2) is 5.24. The maximum Gasteiger partial charge on any atom is 0.390 e. The lowest BCUT2D eigenvalue weighted by Crippen LogP contribution is -2.54. The lowest BCUT2D eigenvalue weighted by molar-refractivity contribution is -0.139. The number of nitrogens with zero attached hydrogens (tertiary/aromatic N) is 1. The molecular formula is C9H13F3N2O3. The summed E-state index contributed by atoms with van der Waals surface area (Å²) in [6.07, 6.45) is -5.37. The number of hydrogen-bond acceptors (Lipinski definition) is 2. The van der Waals surface area contributed by atoms with Crippen LogP contribution in [0.4, 0.5) is 18.0 Å².